The maximum Gasteiger partial charge on any atom is 0.319 e. The van der Waals surface area contributed by atoms with E-state index in [0.717, 1.165) is 13.0 Å². The molecule has 3 atom stereocenters. The fourth-order valence-corrected chi connectivity index (χ4v) is 3.27. The second-order valence-corrected chi connectivity index (χ2v) is 5.79. The molecule has 112 valence electrons. The lowest BCUT2D eigenvalue weighted by Gasteiger charge is -2.31. The molecule has 0 spiro atoms. The van der Waals surface area contributed by atoms with Gasteiger partial charge in [-0.2, -0.15) is 0 Å². The Labute approximate surface area is 116 Å². The molecule has 0 bridgehead atoms. The zero-order valence-corrected chi connectivity index (χ0v) is 11.4. The second-order valence-electron chi connectivity index (χ2n) is 5.79. The van der Waals surface area contributed by atoms with Crippen molar-refractivity contribution in [1.82, 2.24) is 9.80 Å². The van der Waals surface area contributed by atoms with Crippen LogP contribution in [0.4, 0.5) is 0 Å². The van der Waals surface area contributed by atoms with Crippen LogP contribution in [0.5, 0.6) is 0 Å². The third kappa shape index (κ3) is 1.87. The zero-order chi connectivity index (χ0) is 14.5. The van der Waals surface area contributed by atoms with Gasteiger partial charge in [0.1, 0.15) is 0 Å². The molecule has 8 nitrogen and oxygen atoms in total. The van der Waals surface area contributed by atoms with Crippen molar-refractivity contribution in [1.29, 1.82) is 0 Å². The molecule has 3 unspecified atom stereocenters. The van der Waals surface area contributed by atoms with Gasteiger partial charge in [0.05, 0.1) is 11.5 Å². The highest BCUT2D eigenvalue weighted by molar-refractivity contribution is 5.26. The maximum absolute atomic E-state index is 11.2. The van der Waals surface area contributed by atoms with Crippen molar-refractivity contribution in [3.63, 3.8) is 0 Å². The summed E-state index contributed by atoms with van der Waals surface area (Å²) in [6.45, 7) is 4.55. The van der Waals surface area contributed by atoms with Crippen LogP contribution in [0.15, 0.2) is 11.5 Å². The predicted molar refractivity (Wildman–Crippen MR) is 67.9 cm³/mol. The monoisotopic (exact) mass is 285 g/mol. The molecular formula is C12H19N3O5. The summed E-state index contributed by atoms with van der Waals surface area (Å²) in [4.78, 5) is 14.1. The van der Waals surface area contributed by atoms with E-state index in [0.29, 0.717) is 38.0 Å². The third-order valence-corrected chi connectivity index (χ3v) is 4.40. The fourth-order valence-electron chi connectivity index (χ4n) is 3.27. The molecular weight excluding hydrogens is 266 g/mol. The molecule has 2 N–H and O–H groups in total. The van der Waals surface area contributed by atoms with Crippen LogP contribution in [0.25, 0.3) is 0 Å². The number of nitrogens with zero attached hydrogens (tertiary/aromatic N) is 3. The topological polar surface area (TPSA) is 99.3 Å². The van der Waals surface area contributed by atoms with E-state index in [-0.39, 0.29) is 5.70 Å². The molecule has 2 saturated heterocycles. The molecule has 0 amide bonds. The van der Waals surface area contributed by atoms with E-state index >= 15 is 0 Å². The molecule has 0 aliphatic carbocycles. The van der Waals surface area contributed by atoms with Gasteiger partial charge in [0, 0.05) is 32.2 Å². The number of rotatable bonds is 3. The molecule has 2 fully saturated rings. The number of nitro groups is 1. The minimum absolute atomic E-state index is 0.300. The molecule has 0 aromatic rings. The molecule has 0 aromatic carbocycles. The first-order valence-corrected chi connectivity index (χ1v) is 6.82. The Morgan fingerprint density at radius 3 is 2.90 bits per heavy atom. The Kier molecular flexibility index (Phi) is 3.11. The molecule has 0 saturated carbocycles. The van der Waals surface area contributed by atoms with Gasteiger partial charge in [-0.15, -0.1) is 0 Å². The van der Waals surface area contributed by atoms with Crippen LogP contribution in [0, 0.1) is 16.0 Å². The van der Waals surface area contributed by atoms with Crippen molar-refractivity contribution in [2.75, 3.05) is 32.8 Å². The highest BCUT2D eigenvalue weighted by atomic mass is 16.6. The van der Waals surface area contributed by atoms with Gasteiger partial charge in [-0.05, 0) is 13.3 Å². The van der Waals surface area contributed by atoms with Crippen molar-refractivity contribution in [3.05, 3.63) is 21.6 Å². The summed E-state index contributed by atoms with van der Waals surface area (Å²) in [7, 11) is 0. The summed E-state index contributed by atoms with van der Waals surface area (Å²) < 4.78 is 5.33. The summed E-state index contributed by atoms with van der Waals surface area (Å²) in [6.07, 6.45) is -0.550. The Balaban J connectivity index is 1.89. The molecule has 3 rings (SSSR count). The molecule has 3 aliphatic rings. The van der Waals surface area contributed by atoms with E-state index in [9.17, 15) is 20.3 Å². The summed E-state index contributed by atoms with van der Waals surface area (Å²) in [6, 6.07) is 0. The Morgan fingerprint density at radius 1 is 1.55 bits per heavy atom. The number of fused-ring (bicyclic) bond motifs is 1. The van der Waals surface area contributed by atoms with Crippen LogP contribution in [-0.4, -0.2) is 69.6 Å². The number of aliphatic hydroxyl groups excluding tert-OH is 1. The molecule has 8 heteroatoms. The van der Waals surface area contributed by atoms with E-state index in [2.05, 4.69) is 0 Å². The summed E-state index contributed by atoms with van der Waals surface area (Å²) >= 11 is 0. The summed E-state index contributed by atoms with van der Waals surface area (Å²) in [5.74, 6) is 0.706. The van der Waals surface area contributed by atoms with Gasteiger partial charge in [0.2, 0.25) is 0 Å². The van der Waals surface area contributed by atoms with Gasteiger partial charge in [0.25, 0.3) is 0 Å². The smallest absolute Gasteiger partial charge is 0.319 e. The van der Waals surface area contributed by atoms with Gasteiger partial charge >= 0.3 is 5.70 Å². The first-order valence-electron chi connectivity index (χ1n) is 6.82. The Bertz CT molecular complexity index is 458. The molecule has 3 heterocycles. The standard InChI is InChI=1S/C12H19N3O5/c1-12(17)10(16)9(15(18)19)11-13(3-4-14(11)12)6-8-2-5-20-7-8/h8,10,16-17H,2-7H2,1H3. The summed E-state index contributed by atoms with van der Waals surface area (Å²) in [5, 5.41) is 31.6. The normalized spacial score (nSPS) is 37.0. The largest absolute Gasteiger partial charge is 0.381 e. The van der Waals surface area contributed by atoms with E-state index in [1.54, 1.807) is 0 Å². The first-order chi connectivity index (χ1) is 9.43. The van der Waals surface area contributed by atoms with Crippen molar-refractivity contribution in [2.24, 2.45) is 5.92 Å². The third-order valence-electron chi connectivity index (χ3n) is 4.40. The van der Waals surface area contributed by atoms with Crippen molar-refractivity contribution in [3.8, 4) is 0 Å². The van der Waals surface area contributed by atoms with Crippen molar-refractivity contribution in [2.45, 2.75) is 25.2 Å². The molecule has 0 aromatic heterocycles. The molecule has 0 radical (unpaired) electrons. The van der Waals surface area contributed by atoms with E-state index < -0.39 is 16.8 Å². The highest BCUT2D eigenvalue weighted by Crippen LogP contribution is 2.41. The van der Waals surface area contributed by atoms with E-state index in [1.807, 2.05) is 4.90 Å². The number of aliphatic hydroxyl groups is 2. The van der Waals surface area contributed by atoms with Crippen LogP contribution >= 0.6 is 0 Å². The number of ether oxygens (including phenoxy) is 1. The highest BCUT2D eigenvalue weighted by Gasteiger charge is 2.58. The lowest BCUT2D eigenvalue weighted by atomic mass is 10.1. The van der Waals surface area contributed by atoms with Gasteiger partial charge in [0.15, 0.2) is 17.6 Å². The van der Waals surface area contributed by atoms with Gasteiger partial charge in [-0.25, -0.2) is 0 Å². The average molecular weight is 285 g/mol. The molecule has 3 aliphatic heterocycles. The van der Waals surface area contributed by atoms with Gasteiger partial charge in [-0.1, -0.05) is 0 Å². The Morgan fingerprint density at radius 2 is 2.30 bits per heavy atom. The van der Waals surface area contributed by atoms with Crippen molar-refractivity contribution < 1.29 is 19.9 Å². The predicted octanol–water partition coefficient (Wildman–Crippen LogP) is -0.831. The van der Waals surface area contributed by atoms with Crippen LogP contribution in [-0.2, 0) is 4.74 Å². The lowest BCUT2D eigenvalue weighted by Crippen LogP contribution is -2.48. The Hall–Kier alpha value is -1.38. The molecule has 20 heavy (non-hydrogen) atoms. The number of hydrogen-bond donors (Lipinski definition) is 2. The van der Waals surface area contributed by atoms with E-state index in [1.165, 1.54) is 11.8 Å². The SMILES string of the molecule is CC1(O)C(O)C([N+](=O)[O-])=C2N(CC3CCOC3)CCN21. The van der Waals surface area contributed by atoms with Gasteiger partial charge < -0.3 is 24.7 Å². The minimum Gasteiger partial charge on any atom is -0.381 e. The van der Waals surface area contributed by atoms with Crippen molar-refractivity contribution >= 4 is 0 Å². The quantitative estimate of drug-likeness (QED) is 0.515. The van der Waals surface area contributed by atoms with Crippen LogP contribution < -0.4 is 0 Å². The minimum atomic E-state index is -1.61. The van der Waals surface area contributed by atoms with Gasteiger partial charge in [-0.3, -0.25) is 10.1 Å². The van der Waals surface area contributed by atoms with Crippen LogP contribution in [0.1, 0.15) is 13.3 Å². The van der Waals surface area contributed by atoms with Crippen LogP contribution in [0.2, 0.25) is 0 Å². The van der Waals surface area contributed by atoms with E-state index in [4.69, 9.17) is 4.74 Å². The van der Waals surface area contributed by atoms with Crippen LogP contribution in [0.3, 0.4) is 0 Å². The lowest BCUT2D eigenvalue weighted by molar-refractivity contribution is -0.439. The average Bonchev–Trinajstić information content (AvgIpc) is 3.03. The zero-order valence-electron chi connectivity index (χ0n) is 11.4. The summed E-state index contributed by atoms with van der Waals surface area (Å²) in [5.41, 5.74) is -1.91. The number of hydrogen-bond acceptors (Lipinski definition) is 7. The maximum atomic E-state index is 11.2. The fraction of sp³-hybridized carbons (Fsp3) is 0.833. The second kappa shape index (κ2) is 4.57. The first kappa shape index (κ1) is 13.6.